The fraction of sp³-hybridized carbons (Fsp3) is 1.00. The molecule has 0 amide bonds. The van der Waals surface area contributed by atoms with Gasteiger partial charge in [-0.15, -0.1) is 0 Å². The Labute approximate surface area is 66.7 Å². The van der Waals surface area contributed by atoms with Crippen molar-refractivity contribution in [3.05, 3.63) is 0 Å². The first-order valence-corrected chi connectivity index (χ1v) is 4.08. The summed E-state index contributed by atoms with van der Waals surface area (Å²) in [5.41, 5.74) is 0. The fourth-order valence-corrected chi connectivity index (χ4v) is 1.74. The van der Waals surface area contributed by atoms with Crippen LogP contribution in [0.4, 0.5) is 0 Å². The Morgan fingerprint density at radius 3 is 1.55 bits per heavy atom. The van der Waals surface area contributed by atoms with Crippen molar-refractivity contribution >= 4 is 0 Å². The van der Waals surface area contributed by atoms with Gasteiger partial charge < -0.3 is 15.3 Å². The summed E-state index contributed by atoms with van der Waals surface area (Å²) in [7, 11) is 0. The largest absolute Gasteiger partial charge is 0.390 e. The van der Waals surface area contributed by atoms with Crippen LogP contribution in [0.5, 0.6) is 0 Å². The summed E-state index contributed by atoms with van der Waals surface area (Å²) in [5.74, 6) is 0.173. The smallest absolute Gasteiger partial charge is 0.106 e. The van der Waals surface area contributed by atoms with Gasteiger partial charge in [-0.3, -0.25) is 0 Å². The van der Waals surface area contributed by atoms with Crippen molar-refractivity contribution in [3.63, 3.8) is 0 Å². The molecule has 1 rings (SSSR count). The van der Waals surface area contributed by atoms with Gasteiger partial charge in [0, 0.05) is 0 Å². The second kappa shape index (κ2) is 3.09. The minimum Gasteiger partial charge on any atom is -0.390 e. The van der Waals surface area contributed by atoms with E-state index in [1.165, 1.54) is 0 Å². The molecule has 0 aliphatic heterocycles. The van der Waals surface area contributed by atoms with E-state index in [2.05, 4.69) is 0 Å². The van der Waals surface area contributed by atoms with Crippen molar-refractivity contribution < 1.29 is 15.3 Å². The maximum absolute atomic E-state index is 9.32. The summed E-state index contributed by atoms with van der Waals surface area (Å²) < 4.78 is 0. The van der Waals surface area contributed by atoms with E-state index in [1.807, 2.05) is 13.8 Å². The summed E-state index contributed by atoms with van der Waals surface area (Å²) in [4.78, 5) is 0. The first kappa shape index (κ1) is 8.97. The van der Waals surface area contributed by atoms with E-state index < -0.39 is 18.3 Å². The molecule has 0 saturated heterocycles. The van der Waals surface area contributed by atoms with Crippen LogP contribution in [0.25, 0.3) is 0 Å². The van der Waals surface area contributed by atoms with Crippen LogP contribution >= 0.6 is 0 Å². The summed E-state index contributed by atoms with van der Waals surface area (Å²) in [5, 5.41) is 27.9. The minimum absolute atomic E-state index is 0.0865. The lowest BCUT2D eigenvalue weighted by molar-refractivity contribution is -0.127. The molecular formula is C8H16O3. The highest BCUT2D eigenvalue weighted by Gasteiger charge is 2.38. The average Bonchev–Trinajstić information content (AvgIpc) is 1.97. The van der Waals surface area contributed by atoms with Crippen LogP contribution in [-0.2, 0) is 0 Å². The maximum Gasteiger partial charge on any atom is 0.106 e. The third kappa shape index (κ3) is 1.55. The summed E-state index contributed by atoms with van der Waals surface area (Å²) >= 11 is 0. The monoisotopic (exact) mass is 160 g/mol. The molecule has 1 aliphatic carbocycles. The Morgan fingerprint density at radius 1 is 0.818 bits per heavy atom. The van der Waals surface area contributed by atoms with Gasteiger partial charge in [0.2, 0.25) is 0 Å². The molecule has 0 heterocycles. The van der Waals surface area contributed by atoms with Crippen molar-refractivity contribution in [3.8, 4) is 0 Å². The number of hydrogen-bond donors (Lipinski definition) is 3. The zero-order valence-corrected chi connectivity index (χ0v) is 6.94. The third-order valence-electron chi connectivity index (χ3n) is 2.61. The van der Waals surface area contributed by atoms with Crippen molar-refractivity contribution in [2.75, 3.05) is 0 Å². The summed E-state index contributed by atoms with van der Waals surface area (Å²) in [6, 6.07) is 0. The topological polar surface area (TPSA) is 60.7 Å². The van der Waals surface area contributed by atoms with Gasteiger partial charge in [-0.05, 0) is 18.3 Å². The zero-order chi connectivity index (χ0) is 8.59. The van der Waals surface area contributed by atoms with Gasteiger partial charge in [0.1, 0.15) is 6.10 Å². The number of aliphatic hydroxyl groups is 3. The van der Waals surface area contributed by atoms with Crippen molar-refractivity contribution in [2.24, 2.45) is 11.8 Å². The van der Waals surface area contributed by atoms with E-state index in [0.29, 0.717) is 0 Å². The molecule has 3 N–H and O–H groups in total. The molecule has 0 spiro atoms. The lowest BCUT2D eigenvalue weighted by Gasteiger charge is -2.37. The zero-order valence-electron chi connectivity index (χ0n) is 6.94. The van der Waals surface area contributed by atoms with E-state index in [-0.39, 0.29) is 11.8 Å². The average molecular weight is 160 g/mol. The molecule has 3 heteroatoms. The van der Waals surface area contributed by atoms with Crippen LogP contribution in [0.15, 0.2) is 0 Å². The van der Waals surface area contributed by atoms with Crippen LogP contribution < -0.4 is 0 Å². The predicted molar refractivity (Wildman–Crippen MR) is 41.0 cm³/mol. The molecule has 0 aromatic heterocycles. The highest BCUT2D eigenvalue weighted by Crippen LogP contribution is 2.29. The molecule has 0 unspecified atom stereocenters. The molecular weight excluding hydrogens is 144 g/mol. The SMILES string of the molecule is C[C@@H]1C[C@H](C)[C@@H](O)[C@H](O)[C@@H]1O. The van der Waals surface area contributed by atoms with E-state index in [0.717, 1.165) is 6.42 Å². The van der Waals surface area contributed by atoms with Crippen molar-refractivity contribution in [1.29, 1.82) is 0 Å². The third-order valence-corrected chi connectivity index (χ3v) is 2.61. The Morgan fingerprint density at radius 2 is 1.18 bits per heavy atom. The molecule has 3 nitrogen and oxygen atoms in total. The first-order chi connectivity index (χ1) is 5.04. The first-order valence-electron chi connectivity index (χ1n) is 4.08. The normalized spacial score (nSPS) is 52.6. The quantitative estimate of drug-likeness (QED) is 0.458. The van der Waals surface area contributed by atoms with E-state index >= 15 is 0 Å². The Bertz CT molecular complexity index is 123. The van der Waals surface area contributed by atoms with Crippen LogP contribution in [0.3, 0.4) is 0 Å². The molecule has 1 aliphatic rings. The molecule has 11 heavy (non-hydrogen) atoms. The molecule has 0 aromatic rings. The second-order valence-electron chi connectivity index (χ2n) is 3.66. The molecule has 5 atom stereocenters. The van der Waals surface area contributed by atoms with Crippen LogP contribution in [0.2, 0.25) is 0 Å². The molecule has 0 bridgehead atoms. The number of hydrogen-bond acceptors (Lipinski definition) is 3. The van der Waals surface area contributed by atoms with E-state index in [9.17, 15) is 15.3 Å². The Hall–Kier alpha value is -0.120. The van der Waals surface area contributed by atoms with Gasteiger partial charge in [-0.1, -0.05) is 13.8 Å². The molecule has 0 radical (unpaired) electrons. The van der Waals surface area contributed by atoms with Gasteiger partial charge in [-0.2, -0.15) is 0 Å². The van der Waals surface area contributed by atoms with E-state index in [1.54, 1.807) is 0 Å². The molecule has 0 aromatic carbocycles. The fourth-order valence-electron chi connectivity index (χ4n) is 1.74. The standard InChI is InChI=1S/C8H16O3/c1-4-3-5(2)7(10)8(11)6(4)9/h4-11H,3H2,1-2H3/t4-,5+,6-,7-,8-/m1/s1. The molecule has 1 saturated carbocycles. The van der Waals surface area contributed by atoms with Crippen molar-refractivity contribution in [2.45, 2.75) is 38.6 Å². The highest BCUT2D eigenvalue weighted by molar-refractivity contribution is 4.88. The molecule has 1 fully saturated rings. The highest BCUT2D eigenvalue weighted by atomic mass is 16.4. The van der Waals surface area contributed by atoms with Gasteiger partial charge >= 0.3 is 0 Å². The lowest BCUT2D eigenvalue weighted by Crippen LogP contribution is -2.49. The second-order valence-corrected chi connectivity index (χ2v) is 3.66. The summed E-state index contributed by atoms with van der Waals surface area (Å²) in [6.45, 7) is 3.77. The van der Waals surface area contributed by atoms with Crippen molar-refractivity contribution in [1.82, 2.24) is 0 Å². The predicted octanol–water partition coefficient (Wildman–Crippen LogP) is -0.255. The number of aliphatic hydroxyl groups excluding tert-OH is 3. The van der Waals surface area contributed by atoms with Crippen LogP contribution in [0, 0.1) is 11.8 Å². The maximum atomic E-state index is 9.32. The Kier molecular flexibility index (Phi) is 2.52. The van der Waals surface area contributed by atoms with Gasteiger partial charge in [0.25, 0.3) is 0 Å². The van der Waals surface area contributed by atoms with E-state index in [4.69, 9.17) is 0 Å². The minimum atomic E-state index is -0.964. The summed E-state index contributed by atoms with van der Waals surface area (Å²) in [6.07, 6.45) is -1.71. The van der Waals surface area contributed by atoms with Gasteiger partial charge in [0.15, 0.2) is 0 Å². The van der Waals surface area contributed by atoms with Crippen LogP contribution in [0.1, 0.15) is 20.3 Å². The van der Waals surface area contributed by atoms with Crippen LogP contribution in [-0.4, -0.2) is 33.6 Å². The molecule has 66 valence electrons. The number of rotatable bonds is 0. The lowest BCUT2D eigenvalue weighted by atomic mass is 9.77. The van der Waals surface area contributed by atoms with Gasteiger partial charge in [-0.25, -0.2) is 0 Å². The Balaban J connectivity index is 2.63. The van der Waals surface area contributed by atoms with Gasteiger partial charge in [0.05, 0.1) is 12.2 Å².